The van der Waals surface area contributed by atoms with E-state index in [1.165, 1.54) is 5.56 Å². The molecule has 0 aliphatic carbocycles. The SMILES string of the molecule is NC(CCO)c1cccc(-c2ccccc2)c1. The van der Waals surface area contributed by atoms with E-state index in [-0.39, 0.29) is 12.6 Å². The van der Waals surface area contributed by atoms with Crippen molar-refractivity contribution in [2.45, 2.75) is 12.5 Å². The number of rotatable bonds is 4. The molecule has 2 nitrogen and oxygen atoms in total. The van der Waals surface area contributed by atoms with Gasteiger partial charge in [0.1, 0.15) is 0 Å². The molecule has 0 bridgehead atoms. The summed E-state index contributed by atoms with van der Waals surface area (Å²) >= 11 is 0. The average Bonchev–Trinajstić information content (AvgIpc) is 2.40. The Morgan fingerprint density at radius 3 is 2.35 bits per heavy atom. The van der Waals surface area contributed by atoms with Crippen molar-refractivity contribution >= 4 is 0 Å². The quantitative estimate of drug-likeness (QED) is 0.843. The lowest BCUT2D eigenvalue weighted by molar-refractivity contribution is 0.276. The zero-order valence-corrected chi connectivity index (χ0v) is 9.71. The van der Waals surface area contributed by atoms with Gasteiger partial charge < -0.3 is 10.8 Å². The van der Waals surface area contributed by atoms with Crippen molar-refractivity contribution in [1.29, 1.82) is 0 Å². The summed E-state index contributed by atoms with van der Waals surface area (Å²) in [7, 11) is 0. The van der Waals surface area contributed by atoms with Gasteiger partial charge in [-0.1, -0.05) is 48.5 Å². The number of aliphatic hydroxyl groups is 1. The largest absolute Gasteiger partial charge is 0.396 e. The van der Waals surface area contributed by atoms with Crippen molar-refractivity contribution in [2.75, 3.05) is 6.61 Å². The first-order valence-electron chi connectivity index (χ1n) is 5.83. The molecule has 0 spiro atoms. The highest BCUT2D eigenvalue weighted by molar-refractivity contribution is 5.64. The van der Waals surface area contributed by atoms with Gasteiger partial charge in [0, 0.05) is 12.6 Å². The Bertz CT molecular complexity index is 467. The number of nitrogens with two attached hydrogens (primary N) is 1. The summed E-state index contributed by atoms with van der Waals surface area (Å²) in [6, 6.07) is 18.3. The molecule has 1 unspecified atom stereocenters. The van der Waals surface area contributed by atoms with Crippen LogP contribution in [0, 0.1) is 0 Å². The van der Waals surface area contributed by atoms with Crippen LogP contribution in [0.25, 0.3) is 11.1 Å². The lowest BCUT2D eigenvalue weighted by Gasteiger charge is -2.12. The van der Waals surface area contributed by atoms with E-state index < -0.39 is 0 Å². The molecule has 0 saturated carbocycles. The minimum absolute atomic E-state index is 0.0938. The van der Waals surface area contributed by atoms with Crippen LogP contribution in [0.4, 0.5) is 0 Å². The van der Waals surface area contributed by atoms with E-state index in [0.717, 1.165) is 11.1 Å². The molecule has 3 N–H and O–H groups in total. The standard InChI is InChI=1S/C15H17NO/c16-15(9-10-17)14-8-4-7-13(11-14)12-5-2-1-3-6-12/h1-8,11,15,17H,9-10,16H2. The average molecular weight is 227 g/mol. The maximum absolute atomic E-state index is 8.90. The van der Waals surface area contributed by atoms with Gasteiger partial charge in [-0.15, -0.1) is 0 Å². The molecule has 0 radical (unpaired) electrons. The summed E-state index contributed by atoms with van der Waals surface area (Å²) < 4.78 is 0. The molecule has 0 aliphatic heterocycles. The van der Waals surface area contributed by atoms with Crippen LogP contribution in [0.3, 0.4) is 0 Å². The van der Waals surface area contributed by atoms with Gasteiger partial charge >= 0.3 is 0 Å². The van der Waals surface area contributed by atoms with Crippen molar-refractivity contribution in [3.63, 3.8) is 0 Å². The highest BCUT2D eigenvalue weighted by atomic mass is 16.3. The Labute approximate surface area is 102 Å². The van der Waals surface area contributed by atoms with Crippen LogP contribution in [-0.2, 0) is 0 Å². The normalized spacial score (nSPS) is 12.4. The van der Waals surface area contributed by atoms with Crippen molar-refractivity contribution < 1.29 is 5.11 Å². The van der Waals surface area contributed by atoms with Crippen LogP contribution in [0.5, 0.6) is 0 Å². The molecule has 2 aromatic rings. The van der Waals surface area contributed by atoms with Gasteiger partial charge in [0.2, 0.25) is 0 Å². The molecule has 2 rings (SSSR count). The van der Waals surface area contributed by atoms with E-state index in [9.17, 15) is 0 Å². The molecule has 88 valence electrons. The fraction of sp³-hybridized carbons (Fsp3) is 0.200. The Morgan fingerprint density at radius 2 is 1.65 bits per heavy atom. The van der Waals surface area contributed by atoms with Crippen LogP contribution in [-0.4, -0.2) is 11.7 Å². The summed E-state index contributed by atoms with van der Waals surface area (Å²) in [6.07, 6.45) is 0.595. The van der Waals surface area contributed by atoms with Crippen molar-refractivity contribution in [2.24, 2.45) is 5.73 Å². The molecule has 0 aromatic heterocycles. The molecule has 0 aliphatic rings. The van der Waals surface area contributed by atoms with Crippen LogP contribution in [0.1, 0.15) is 18.0 Å². The molecule has 2 heteroatoms. The Kier molecular flexibility index (Phi) is 3.91. The third kappa shape index (κ3) is 2.93. The lowest BCUT2D eigenvalue weighted by Crippen LogP contribution is -2.11. The van der Waals surface area contributed by atoms with Gasteiger partial charge in [-0.05, 0) is 29.2 Å². The summed E-state index contributed by atoms with van der Waals surface area (Å²) in [5, 5.41) is 8.90. The van der Waals surface area contributed by atoms with Crippen LogP contribution in [0.15, 0.2) is 54.6 Å². The van der Waals surface area contributed by atoms with Gasteiger partial charge in [0.15, 0.2) is 0 Å². The zero-order chi connectivity index (χ0) is 12.1. The van der Waals surface area contributed by atoms with Crippen molar-refractivity contribution in [1.82, 2.24) is 0 Å². The Balaban J connectivity index is 2.29. The molecule has 0 heterocycles. The first-order chi connectivity index (χ1) is 8.31. The fourth-order valence-corrected chi connectivity index (χ4v) is 1.89. The molecule has 0 saturated heterocycles. The van der Waals surface area contributed by atoms with Gasteiger partial charge in [-0.3, -0.25) is 0 Å². The maximum Gasteiger partial charge on any atom is 0.0449 e. The first kappa shape index (κ1) is 11.8. The summed E-state index contributed by atoms with van der Waals surface area (Å²) in [5.74, 6) is 0. The van der Waals surface area contributed by atoms with Crippen molar-refractivity contribution in [3.8, 4) is 11.1 Å². The number of benzene rings is 2. The maximum atomic E-state index is 8.90. The van der Waals surface area contributed by atoms with Gasteiger partial charge in [-0.2, -0.15) is 0 Å². The molecular weight excluding hydrogens is 210 g/mol. The van der Waals surface area contributed by atoms with Crippen molar-refractivity contribution in [3.05, 3.63) is 60.2 Å². The van der Waals surface area contributed by atoms with Gasteiger partial charge in [0.05, 0.1) is 0 Å². The number of aliphatic hydroxyl groups excluding tert-OH is 1. The second-order valence-electron chi connectivity index (χ2n) is 4.11. The van der Waals surface area contributed by atoms with E-state index >= 15 is 0 Å². The van der Waals surface area contributed by atoms with E-state index in [1.54, 1.807) is 0 Å². The minimum atomic E-state index is -0.0938. The summed E-state index contributed by atoms with van der Waals surface area (Å²) in [5.41, 5.74) is 9.41. The smallest absolute Gasteiger partial charge is 0.0449 e. The molecule has 17 heavy (non-hydrogen) atoms. The summed E-state index contributed by atoms with van der Waals surface area (Å²) in [4.78, 5) is 0. The van der Waals surface area contributed by atoms with E-state index in [0.29, 0.717) is 6.42 Å². The Hall–Kier alpha value is -1.64. The Morgan fingerprint density at radius 1 is 0.941 bits per heavy atom. The van der Waals surface area contributed by atoms with Crippen LogP contribution >= 0.6 is 0 Å². The molecular formula is C15H17NO. The van der Waals surface area contributed by atoms with Gasteiger partial charge in [0.25, 0.3) is 0 Å². The first-order valence-corrected chi connectivity index (χ1v) is 5.83. The topological polar surface area (TPSA) is 46.2 Å². The van der Waals surface area contributed by atoms with Crippen LogP contribution < -0.4 is 5.73 Å². The molecule has 1 atom stereocenters. The zero-order valence-electron chi connectivity index (χ0n) is 9.71. The lowest BCUT2D eigenvalue weighted by atomic mass is 9.99. The third-order valence-electron chi connectivity index (χ3n) is 2.86. The predicted molar refractivity (Wildman–Crippen MR) is 70.5 cm³/mol. The van der Waals surface area contributed by atoms with Gasteiger partial charge in [-0.25, -0.2) is 0 Å². The number of hydrogen-bond donors (Lipinski definition) is 2. The fourth-order valence-electron chi connectivity index (χ4n) is 1.89. The predicted octanol–water partition coefficient (Wildman–Crippen LogP) is 2.74. The third-order valence-corrected chi connectivity index (χ3v) is 2.86. The monoisotopic (exact) mass is 227 g/mol. The second-order valence-corrected chi connectivity index (χ2v) is 4.11. The molecule has 0 fully saturated rings. The van der Waals surface area contributed by atoms with E-state index in [4.69, 9.17) is 10.8 Å². The number of hydrogen-bond acceptors (Lipinski definition) is 2. The second kappa shape index (κ2) is 5.62. The minimum Gasteiger partial charge on any atom is -0.396 e. The molecule has 2 aromatic carbocycles. The highest BCUT2D eigenvalue weighted by Crippen LogP contribution is 2.23. The summed E-state index contributed by atoms with van der Waals surface area (Å²) in [6.45, 7) is 0.122. The molecule has 0 amide bonds. The van der Waals surface area contributed by atoms with E-state index in [2.05, 4.69) is 24.3 Å². The highest BCUT2D eigenvalue weighted by Gasteiger charge is 2.06. The van der Waals surface area contributed by atoms with Crippen LogP contribution in [0.2, 0.25) is 0 Å². The van der Waals surface area contributed by atoms with E-state index in [1.807, 2.05) is 30.3 Å².